The summed E-state index contributed by atoms with van der Waals surface area (Å²) in [7, 11) is -4.68. The summed E-state index contributed by atoms with van der Waals surface area (Å²) >= 11 is 0. The highest BCUT2D eigenvalue weighted by Gasteiger charge is 2.48. The molecule has 0 bridgehead atoms. The van der Waals surface area contributed by atoms with Crippen LogP contribution in [0.3, 0.4) is 0 Å². The lowest BCUT2D eigenvalue weighted by Crippen LogP contribution is -2.56. The molecule has 0 fully saturated rings. The zero-order chi connectivity index (χ0) is 64.8. The van der Waals surface area contributed by atoms with Crippen molar-refractivity contribution in [3.8, 4) is 90.3 Å². The van der Waals surface area contributed by atoms with Crippen LogP contribution in [0.4, 0.5) is 0 Å². The molecule has 0 saturated heterocycles. The molecule has 0 aliphatic rings. The van der Waals surface area contributed by atoms with Crippen LogP contribution in [0, 0.1) is 27.7 Å². The SMILES string of the molecule is Cc1c(C)c(-c2cc(C(C)(C)C)cc(-c3cccc(-c4cc(C(C)(C)C)cc([Si](C(C)C)(C(C)C)C(C)C)c4O)n3)c2O)c(C)c(C)c1-c1cc(C(C)(C)C)cc(-c2cccc(-c3cc(C(C)(C)C)cc([Si](C(C)C)(C(C)C)C(C)C)c3O)n2)c1O. The molecule has 462 valence electrons. The molecule has 7 aromatic rings. The molecule has 2 aromatic heterocycles. The second kappa shape index (κ2) is 23.9. The number of aromatic nitrogens is 2. The van der Waals surface area contributed by atoms with Gasteiger partial charge in [0, 0.05) is 33.4 Å². The second-order valence-electron chi connectivity index (χ2n) is 31.5. The van der Waals surface area contributed by atoms with Gasteiger partial charge in [-0.3, -0.25) is 0 Å². The number of aromatic hydroxyl groups is 4. The van der Waals surface area contributed by atoms with Gasteiger partial charge in [-0.1, -0.05) is 190 Å². The summed E-state index contributed by atoms with van der Waals surface area (Å²) in [6, 6.07) is 29.3. The lowest BCUT2D eigenvalue weighted by Gasteiger charge is -2.44. The third-order valence-electron chi connectivity index (χ3n) is 20.3. The molecule has 0 atom stereocenters. The normalized spacial score (nSPS) is 13.2. The summed E-state index contributed by atoms with van der Waals surface area (Å²) in [6.45, 7) is 63.3. The van der Waals surface area contributed by atoms with Gasteiger partial charge in [0.25, 0.3) is 0 Å². The summed E-state index contributed by atoms with van der Waals surface area (Å²) in [5.74, 6) is 0.931. The van der Waals surface area contributed by atoms with Gasteiger partial charge in [0.2, 0.25) is 0 Å². The summed E-state index contributed by atoms with van der Waals surface area (Å²) < 4.78 is 0. The minimum atomic E-state index is -2.34. The van der Waals surface area contributed by atoms with Crippen LogP contribution in [-0.4, -0.2) is 46.5 Å². The van der Waals surface area contributed by atoms with E-state index in [0.717, 1.165) is 77.1 Å². The summed E-state index contributed by atoms with van der Waals surface area (Å²) in [4.78, 5) is 10.8. The van der Waals surface area contributed by atoms with Crippen molar-refractivity contribution in [2.45, 2.75) is 249 Å². The number of hydrogen-bond donors (Lipinski definition) is 4. The van der Waals surface area contributed by atoms with Crippen LogP contribution in [0.5, 0.6) is 23.0 Å². The van der Waals surface area contributed by atoms with Gasteiger partial charge in [0.05, 0.1) is 38.9 Å². The predicted molar refractivity (Wildman–Crippen MR) is 376 cm³/mol. The molecule has 0 aliphatic carbocycles. The van der Waals surface area contributed by atoms with Crippen molar-refractivity contribution in [2.75, 3.05) is 0 Å². The molecular formula is C78H108N2O4Si2. The highest BCUT2D eigenvalue weighted by molar-refractivity contribution is 6.96. The van der Waals surface area contributed by atoms with Crippen molar-refractivity contribution in [1.82, 2.24) is 9.97 Å². The first-order chi connectivity index (χ1) is 39.5. The van der Waals surface area contributed by atoms with Crippen LogP contribution in [0.1, 0.15) is 211 Å². The number of nitrogens with zero attached hydrogens (tertiary/aromatic N) is 2. The van der Waals surface area contributed by atoms with Crippen LogP contribution in [0.2, 0.25) is 33.2 Å². The van der Waals surface area contributed by atoms with Crippen molar-refractivity contribution in [2.24, 2.45) is 0 Å². The van der Waals surface area contributed by atoms with Crippen molar-refractivity contribution >= 4 is 26.5 Å². The fourth-order valence-electron chi connectivity index (χ4n) is 15.5. The van der Waals surface area contributed by atoms with Gasteiger partial charge in [-0.25, -0.2) is 9.97 Å². The quantitative estimate of drug-likeness (QED) is 0.0809. The first-order valence-electron chi connectivity index (χ1n) is 32.1. The molecule has 0 radical (unpaired) electrons. The molecule has 0 spiro atoms. The van der Waals surface area contributed by atoms with Crippen LogP contribution in [-0.2, 0) is 21.7 Å². The molecule has 0 aliphatic heterocycles. The molecule has 5 aromatic carbocycles. The Bertz CT molecular complexity index is 3390. The second-order valence-corrected chi connectivity index (χ2v) is 43.3. The van der Waals surface area contributed by atoms with E-state index in [0.29, 0.717) is 78.6 Å². The Morgan fingerprint density at radius 2 is 0.500 bits per heavy atom. The molecule has 2 heterocycles. The van der Waals surface area contributed by atoms with Crippen molar-refractivity contribution in [3.63, 3.8) is 0 Å². The Balaban J connectivity index is 1.46. The first kappa shape index (κ1) is 67.5. The zero-order valence-electron chi connectivity index (χ0n) is 58.2. The maximum Gasteiger partial charge on any atom is 0.132 e. The lowest BCUT2D eigenvalue weighted by molar-refractivity contribution is 0.477. The highest BCUT2D eigenvalue weighted by atomic mass is 28.3. The van der Waals surface area contributed by atoms with Crippen LogP contribution < -0.4 is 10.4 Å². The van der Waals surface area contributed by atoms with Gasteiger partial charge in [-0.15, -0.1) is 0 Å². The Hall–Kier alpha value is -5.97. The van der Waals surface area contributed by atoms with Crippen LogP contribution in [0.25, 0.3) is 67.3 Å². The van der Waals surface area contributed by atoms with E-state index in [1.54, 1.807) is 0 Å². The summed E-state index contributed by atoms with van der Waals surface area (Å²) in [6.07, 6.45) is 0. The third kappa shape index (κ3) is 11.8. The molecule has 6 nitrogen and oxygen atoms in total. The molecule has 86 heavy (non-hydrogen) atoms. The molecule has 7 rings (SSSR count). The zero-order valence-corrected chi connectivity index (χ0v) is 60.2. The monoisotopic (exact) mass is 1190 g/mol. The number of rotatable bonds is 14. The Morgan fingerprint density at radius 1 is 0.302 bits per heavy atom. The first-order valence-corrected chi connectivity index (χ1v) is 36.5. The van der Waals surface area contributed by atoms with Crippen molar-refractivity contribution < 1.29 is 20.4 Å². The van der Waals surface area contributed by atoms with Gasteiger partial charge in [-0.2, -0.15) is 0 Å². The standard InChI is InChI=1S/C78H108N2O4Si2/c1-43(2)85(44(3)4,45(5)6)67-41-55(77(23,24)25)37-59(73(67)83)65-33-29-31-63(79-65)57-35-53(75(17,18)19)39-61(71(57)81)69-49(13)51(15)70(52(16)50(69)14)62-40-54(76(20,21)22)36-58(72(62)82)64-32-30-34-66(80-64)60-38-56(78(26,27)28)42-68(74(60)84)86(46(7)8,47(9)10)48(11)12/h29-48,81-84H,1-28H3. The van der Waals surface area contributed by atoms with E-state index in [1.165, 1.54) is 11.1 Å². The molecule has 0 amide bonds. The molecule has 8 heteroatoms. The fourth-order valence-corrected chi connectivity index (χ4v) is 29.2. The summed E-state index contributed by atoms with van der Waals surface area (Å²) in [5.41, 5.74) is 18.4. The number of phenolic OH excluding ortho intramolecular Hbond substituents is 4. The lowest BCUT2D eigenvalue weighted by atomic mass is 9.78. The van der Waals surface area contributed by atoms with Crippen LogP contribution >= 0.6 is 0 Å². The molecular weight excluding hydrogens is 1090 g/mol. The van der Waals surface area contributed by atoms with Gasteiger partial charge in [0.1, 0.15) is 23.0 Å². The largest absolute Gasteiger partial charge is 0.507 e. The van der Waals surface area contributed by atoms with E-state index in [9.17, 15) is 20.4 Å². The van der Waals surface area contributed by atoms with E-state index in [-0.39, 0.29) is 33.2 Å². The van der Waals surface area contributed by atoms with Gasteiger partial charge < -0.3 is 20.4 Å². The van der Waals surface area contributed by atoms with E-state index in [2.05, 4.69) is 242 Å². The van der Waals surface area contributed by atoms with Gasteiger partial charge in [0.15, 0.2) is 0 Å². The third-order valence-corrected chi connectivity index (χ3v) is 34.4. The number of phenols is 4. The Labute approximate surface area is 522 Å². The molecule has 4 N–H and O–H groups in total. The minimum Gasteiger partial charge on any atom is -0.507 e. The predicted octanol–water partition coefficient (Wildman–Crippen LogP) is 21.5. The molecule has 0 saturated carbocycles. The maximum absolute atomic E-state index is 13.0. The summed E-state index contributed by atoms with van der Waals surface area (Å²) in [5, 5.41) is 53.6. The minimum absolute atomic E-state index is 0.141. The maximum atomic E-state index is 13.0. The van der Waals surface area contributed by atoms with Crippen LogP contribution in [0.15, 0.2) is 84.9 Å². The van der Waals surface area contributed by atoms with Gasteiger partial charge >= 0.3 is 0 Å². The number of benzene rings is 5. The number of hydrogen-bond acceptors (Lipinski definition) is 6. The highest BCUT2D eigenvalue weighted by Crippen LogP contribution is 2.52. The average Bonchev–Trinajstić information content (AvgIpc) is 0.996. The Morgan fingerprint density at radius 3 is 0.709 bits per heavy atom. The smallest absolute Gasteiger partial charge is 0.132 e. The van der Waals surface area contributed by atoms with E-state index >= 15 is 0 Å². The van der Waals surface area contributed by atoms with Gasteiger partial charge in [-0.05, 0) is 209 Å². The van der Waals surface area contributed by atoms with E-state index in [1.807, 2.05) is 36.4 Å². The van der Waals surface area contributed by atoms with Crippen molar-refractivity contribution in [1.29, 1.82) is 0 Å². The van der Waals surface area contributed by atoms with Crippen molar-refractivity contribution in [3.05, 3.63) is 129 Å². The molecule has 0 unspecified atom stereocenters. The van der Waals surface area contributed by atoms with E-state index < -0.39 is 16.1 Å². The number of pyridine rings is 2. The fraction of sp³-hybridized carbons (Fsp3) is 0.487. The topological polar surface area (TPSA) is 107 Å². The Kier molecular flexibility index (Phi) is 18.7. The van der Waals surface area contributed by atoms with E-state index in [4.69, 9.17) is 9.97 Å². The average molecular weight is 1190 g/mol.